The minimum absolute atomic E-state index is 0.0286. The van der Waals surface area contributed by atoms with Crippen molar-refractivity contribution in [2.75, 3.05) is 19.3 Å². The largest absolute Gasteiger partial charge is 0.494 e. The average molecular weight is 463 g/mol. The summed E-state index contributed by atoms with van der Waals surface area (Å²) >= 11 is 0. The van der Waals surface area contributed by atoms with E-state index in [0.717, 1.165) is 24.3 Å². The quantitative estimate of drug-likeness (QED) is 0.330. The lowest BCUT2D eigenvalue weighted by Crippen LogP contribution is -2.60. The number of hydrogen-bond acceptors (Lipinski definition) is 6. The summed E-state index contributed by atoms with van der Waals surface area (Å²) in [6.07, 6.45) is 3.22. The number of nitrogens with zero attached hydrogens (tertiary/aromatic N) is 1. The van der Waals surface area contributed by atoms with Crippen molar-refractivity contribution < 1.29 is 22.9 Å². The highest BCUT2D eigenvalue weighted by atomic mass is 31.1. The molecule has 2 unspecified atom stereocenters. The third-order valence-corrected chi connectivity index (χ3v) is 7.09. The van der Waals surface area contributed by atoms with E-state index in [4.69, 9.17) is 13.8 Å². The van der Waals surface area contributed by atoms with E-state index in [0.29, 0.717) is 19.3 Å². The summed E-state index contributed by atoms with van der Waals surface area (Å²) in [6.45, 7) is 4.16. The molecule has 1 heterocycles. The molecule has 1 saturated heterocycles. The van der Waals surface area contributed by atoms with E-state index in [1.165, 1.54) is 12.8 Å². The lowest BCUT2D eigenvalue weighted by molar-refractivity contribution is -0.0157. The second-order valence-electron chi connectivity index (χ2n) is 6.88. The Bertz CT molecular complexity index is 606. The van der Waals surface area contributed by atoms with Gasteiger partial charge in [0.15, 0.2) is 16.9 Å². The first kappa shape index (κ1) is 24.2. The summed E-state index contributed by atoms with van der Waals surface area (Å²) in [5.74, 6) is 0.867. The fourth-order valence-corrected chi connectivity index (χ4v) is 5.80. The van der Waals surface area contributed by atoms with Gasteiger partial charge in [-0.1, -0.05) is 31.9 Å². The Kier molecular flexibility index (Phi) is 11.5. The highest BCUT2D eigenvalue weighted by Crippen LogP contribution is 2.35. The van der Waals surface area contributed by atoms with E-state index in [1.54, 1.807) is 0 Å². The Morgan fingerprint density at radius 2 is 1.89 bits per heavy atom. The normalized spacial score (nSPS) is 26.0. The highest BCUT2D eigenvalue weighted by molar-refractivity contribution is 7.26. The van der Waals surface area contributed by atoms with Gasteiger partial charge in [0.2, 0.25) is 0 Å². The molecule has 6 nitrogen and oxygen atoms in total. The second kappa shape index (κ2) is 13.3. The number of ether oxygens (including phenoxy) is 1. The van der Waals surface area contributed by atoms with Crippen LogP contribution in [-0.4, -0.2) is 48.1 Å². The van der Waals surface area contributed by atoms with Gasteiger partial charge in [0.25, 0.3) is 0 Å². The van der Waals surface area contributed by atoms with Crippen LogP contribution >= 0.6 is 35.9 Å². The van der Waals surface area contributed by atoms with E-state index in [1.807, 2.05) is 24.3 Å². The predicted molar refractivity (Wildman–Crippen MR) is 119 cm³/mol. The molecule has 1 fully saturated rings. The zero-order valence-corrected chi connectivity index (χ0v) is 20.2. The van der Waals surface area contributed by atoms with E-state index >= 15 is 0 Å². The lowest BCUT2D eigenvalue weighted by atomic mass is 9.96. The molecule has 156 valence electrons. The minimum atomic E-state index is -0.344. The predicted octanol–water partition coefficient (Wildman–Crippen LogP) is 4.74. The maximum absolute atomic E-state index is 11.9. The number of hydrogen-bond donors (Lipinski definition) is 0. The van der Waals surface area contributed by atoms with Gasteiger partial charge in [-0.15, -0.1) is 0 Å². The smallest absolute Gasteiger partial charge is 0.163 e. The summed E-state index contributed by atoms with van der Waals surface area (Å²) in [6, 6.07) is 7.91. The Hall–Kier alpha value is -0.0400. The van der Waals surface area contributed by atoms with Gasteiger partial charge >= 0.3 is 0 Å². The summed E-state index contributed by atoms with van der Waals surface area (Å²) in [4.78, 5) is 2.17. The number of rotatable bonds is 12. The van der Waals surface area contributed by atoms with Gasteiger partial charge in [-0.3, -0.25) is 14.0 Å². The van der Waals surface area contributed by atoms with Gasteiger partial charge in [-0.2, -0.15) is 0 Å². The van der Waals surface area contributed by atoms with Crippen LogP contribution in [0.3, 0.4) is 0 Å². The maximum Gasteiger partial charge on any atom is 0.163 e. The van der Waals surface area contributed by atoms with Crippen molar-refractivity contribution in [3.05, 3.63) is 29.8 Å². The minimum Gasteiger partial charge on any atom is -0.494 e. The molecule has 0 radical (unpaired) electrons. The van der Waals surface area contributed by atoms with Gasteiger partial charge in [-0.05, 0) is 24.1 Å². The molecule has 10 heteroatoms. The molecule has 2 rings (SSSR count). The monoisotopic (exact) mass is 463 g/mol. The maximum atomic E-state index is 11.9. The van der Waals surface area contributed by atoms with Gasteiger partial charge in [0, 0.05) is 44.2 Å². The Morgan fingerprint density at radius 3 is 2.46 bits per heavy atom. The van der Waals surface area contributed by atoms with Crippen molar-refractivity contribution in [3.8, 4) is 5.75 Å². The number of benzene rings is 1. The fraction of sp³-hybridized carbons (Fsp3) is 0.667. The van der Waals surface area contributed by atoms with Gasteiger partial charge in [0.1, 0.15) is 18.0 Å². The van der Waals surface area contributed by atoms with Crippen molar-refractivity contribution in [2.45, 2.75) is 56.6 Å². The van der Waals surface area contributed by atoms with Crippen molar-refractivity contribution in [1.29, 1.82) is 0 Å². The van der Waals surface area contributed by atoms with Crippen LogP contribution in [0.1, 0.15) is 31.7 Å². The molecule has 0 saturated carbocycles. The Labute approximate surface area is 175 Å². The highest BCUT2D eigenvalue weighted by Gasteiger charge is 2.45. The third-order valence-electron chi connectivity index (χ3n) is 5.02. The number of piperidine rings is 1. The van der Waals surface area contributed by atoms with Crippen LogP contribution in [0.15, 0.2) is 24.3 Å². The van der Waals surface area contributed by atoms with Crippen LogP contribution in [0.25, 0.3) is 0 Å². The first-order chi connectivity index (χ1) is 13.7. The molecular formula is C18H29NO5P4. The molecule has 0 aromatic heterocycles. The fourth-order valence-electron chi connectivity index (χ4n) is 3.49. The second-order valence-corrected chi connectivity index (χ2v) is 8.85. The molecule has 0 N–H and O–H groups in total. The van der Waals surface area contributed by atoms with Gasteiger partial charge < -0.3 is 13.8 Å². The molecule has 1 aromatic rings. The molecule has 1 aliphatic rings. The number of unbranched alkanes of at least 4 members (excludes halogenated alkanes) is 2. The van der Waals surface area contributed by atoms with Crippen LogP contribution in [0.5, 0.6) is 5.75 Å². The molecule has 1 aromatic carbocycles. The molecule has 1 aliphatic heterocycles. The van der Waals surface area contributed by atoms with E-state index in [2.05, 4.69) is 30.8 Å². The number of likely N-dealkylation sites (tertiary alicyclic amines) is 1. The van der Waals surface area contributed by atoms with Crippen molar-refractivity contribution in [1.82, 2.24) is 4.90 Å². The molecule has 28 heavy (non-hydrogen) atoms. The Balaban J connectivity index is 2.06. The molecule has 0 spiro atoms. The van der Waals surface area contributed by atoms with E-state index in [9.17, 15) is 9.13 Å². The first-order valence-electron chi connectivity index (χ1n) is 9.46. The average Bonchev–Trinajstić information content (AvgIpc) is 2.73. The van der Waals surface area contributed by atoms with Crippen LogP contribution in [0.2, 0.25) is 0 Å². The molecular weight excluding hydrogens is 434 g/mol. The zero-order chi connectivity index (χ0) is 20.4. The summed E-state index contributed by atoms with van der Waals surface area (Å²) in [5.41, 5.74) is 0.793. The summed E-state index contributed by atoms with van der Waals surface area (Å²) < 4.78 is 39.9. The first-order valence-corrected chi connectivity index (χ1v) is 12.3. The van der Waals surface area contributed by atoms with Crippen molar-refractivity contribution in [3.63, 3.8) is 0 Å². The van der Waals surface area contributed by atoms with Crippen LogP contribution in [0, 0.1) is 0 Å². The van der Waals surface area contributed by atoms with Crippen LogP contribution in [0.4, 0.5) is 0 Å². The lowest BCUT2D eigenvalue weighted by Gasteiger charge is -2.45. The van der Waals surface area contributed by atoms with Gasteiger partial charge in [-0.25, -0.2) is 0 Å². The molecule has 0 amide bonds. The molecule has 6 atom stereocenters. The standard InChI is InChI=1S/C18H29NO5P4/c1-2-3-4-9-22-14-7-5-13(6-8-14)10-19-11-16(23-25)17(24-26)18(28-21)15(19)12-27-20/h5-8,15-18H,2-4,9-12,25-26H2,1H3/t15-,16-,17+,18-/m0/s1. The molecule has 0 bridgehead atoms. The van der Waals surface area contributed by atoms with Crippen molar-refractivity contribution >= 4 is 35.9 Å². The Morgan fingerprint density at radius 1 is 1.14 bits per heavy atom. The topological polar surface area (TPSA) is 65.1 Å². The van der Waals surface area contributed by atoms with Crippen LogP contribution in [-0.2, 0) is 24.7 Å². The van der Waals surface area contributed by atoms with E-state index in [-0.39, 0.29) is 40.8 Å². The summed E-state index contributed by atoms with van der Waals surface area (Å²) in [5, 5.41) is 0. The third kappa shape index (κ3) is 6.75. The zero-order valence-electron chi connectivity index (χ0n) is 16.1. The SMILES string of the molecule is CCCCCOc1ccc(CN2C[C@H](OP)[C@@H](OP)[C@@H](P=O)[C@@H]2CP=O)cc1. The van der Waals surface area contributed by atoms with Gasteiger partial charge in [0.05, 0.1) is 12.3 Å². The molecule has 0 aliphatic carbocycles. The summed E-state index contributed by atoms with van der Waals surface area (Å²) in [7, 11) is 4.50. The van der Waals surface area contributed by atoms with Crippen molar-refractivity contribution in [2.24, 2.45) is 0 Å². The van der Waals surface area contributed by atoms with E-state index < -0.39 is 0 Å². The van der Waals surface area contributed by atoms with Crippen LogP contribution < -0.4 is 4.74 Å².